The topological polar surface area (TPSA) is 20.3 Å². The highest BCUT2D eigenvalue weighted by atomic mass is 79.9. The summed E-state index contributed by atoms with van der Waals surface area (Å²) in [6.45, 7) is 1.17. The molecule has 2 nitrogen and oxygen atoms in total. The van der Waals surface area contributed by atoms with E-state index in [-0.39, 0.29) is 5.91 Å². The lowest BCUT2D eigenvalue weighted by molar-refractivity contribution is 0.0769. The van der Waals surface area contributed by atoms with Gasteiger partial charge in [-0.15, -0.1) is 6.42 Å². The van der Waals surface area contributed by atoms with Crippen molar-refractivity contribution >= 4 is 21.8 Å². The fraction of sp³-hybridized carbons (Fsp3) is 0.357. The minimum absolute atomic E-state index is 0.0160. The van der Waals surface area contributed by atoms with Gasteiger partial charge in [0.25, 0.3) is 5.91 Å². The van der Waals surface area contributed by atoms with E-state index in [2.05, 4.69) is 21.9 Å². The number of carbonyl (C=O) groups is 1. The number of halogens is 1. The van der Waals surface area contributed by atoms with E-state index in [9.17, 15) is 4.79 Å². The van der Waals surface area contributed by atoms with Crippen molar-refractivity contribution in [2.75, 3.05) is 13.1 Å². The van der Waals surface area contributed by atoms with Gasteiger partial charge in [-0.3, -0.25) is 4.79 Å². The van der Waals surface area contributed by atoms with Crippen molar-refractivity contribution in [1.29, 1.82) is 0 Å². The van der Waals surface area contributed by atoms with Gasteiger partial charge in [-0.1, -0.05) is 18.1 Å². The van der Waals surface area contributed by atoms with E-state index in [0.717, 1.165) is 11.0 Å². The Labute approximate surface area is 110 Å². The summed E-state index contributed by atoms with van der Waals surface area (Å²) in [6, 6.07) is 7.46. The first kappa shape index (κ1) is 12.2. The highest BCUT2D eigenvalue weighted by molar-refractivity contribution is 9.10. The van der Waals surface area contributed by atoms with Gasteiger partial charge >= 0.3 is 0 Å². The summed E-state index contributed by atoms with van der Waals surface area (Å²) in [7, 11) is 0. The Balaban J connectivity index is 2.15. The third-order valence-corrected chi connectivity index (χ3v) is 3.54. The maximum absolute atomic E-state index is 12.3. The minimum atomic E-state index is 0.0160. The molecule has 1 aliphatic rings. The van der Waals surface area contributed by atoms with Crippen molar-refractivity contribution in [1.82, 2.24) is 4.90 Å². The van der Waals surface area contributed by atoms with Crippen LogP contribution in [0.15, 0.2) is 28.7 Å². The number of hydrogen-bond acceptors (Lipinski definition) is 1. The summed E-state index contributed by atoms with van der Waals surface area (Å²) in [4.78, 5) is 14.1. The van der Waals surface area contributed by atoms with Crippen LogP contribution in [0, 0.1) is 18.3 Å². The van der Waals surface area contributed by atoms with Crippen molar-refractivity contribution in [3.8, 4) is 12.3 Å². The lowest BCUT2D eigenvalue weighted by atomic mass is 10.2. The third-order valence-electron chi connectivity index (χ3n) is 2.85. The van der Waals surface area contributed by atoms with Crippen LogP contribution in [0.3, 0.4) is 0 Å². The van der Waals surface area contributed by atoms with Crippen LogP contribution in [0.1, 0.15) is 23.2 Å². The molecule has 0 aliphatic heterocycles. The zero-order valence-electron chi connectivity index (χ0n) is 9.53. The molecule has 1 saturated carbocycles. The molecule has 1 aromatic rings. The van der Waals surface area contributed by atoms with E-state index in [1.807, 2.05) is 24.3 Å². The quantitative estimate of drug-likeness (QED) is 0.781. The smallest absolute Gasteiger partial charge is 0.255 e. The standard InChI is InChI=1S/C14H14BrNO/c1-2-9-16(10-11-7-8-11)14(17)12-5-3-4-6-13(12)15/h1,3-6,11H,7-10H2. The van der Waals surface area contributed by atoms with Crippen LogP contribution in [-0.2, 0) is 0 Å². The van der Waals surface area contributed by atoms with Crippen molar-refractivity contribution < 1.29 is 4.79 Å². The van der Waals surface area contributed by atoms with Gasteiger partial charge in [0, 0.05) is 11.0 Å². The Hall–Kier alpha value is -1.27. The molecular formula is C14H14BrNO. The fourth-order valence-corrected chi connectivity index (χ4v) is 2.20. The zero-order chi connectivity index (χ0) is 12.3. The summed E-state index contributed by atoms with van der Waals surface area (Å²) in [5, 5.41) is 0. The van der Waals surface area contributed by atoms with Crippen LogP contribution in [0.25, 0.3) is 0 Å². The van der Waals surface area contributed by atoms with Crippen LogP contribution in [0.2, 0.25) is 0 Å². The molecule has 0 unspecified atom stereocenters. The molecule has 17 heavy (non-hydrogen) atoms. The number of rotatable bonds is 4. The van der Waals surface area contributed by atoms with E-state index in [0.29, 0.717) is 18.0 Å². The first-order valence-corrected chi connectivity index (χ1v) is 6.49. The summed E-state index contributed by atoms with van der Waals surface area (Å²) in [5.74, 6) is 3.22. The highest BCUT2D eigenvalue weighted by Crippen LogP contribution is 2.30. The molecule has 0 bridgehead atoms. The number of hydrogen-bond donors (Lipinski definition) is 0. The third kappa shape index (κ3) is 3.10. The van der Waals surface area contributed by atoms with Crippen LogP contribution in [-0.4, -0.2) is 23.9 Å². The van der Waals surface area contributed by atoms with Gasteiger partial charge in [0.2, 0.25) is 0 Å². The maximum Gasteiger partial charge on any atom is 0.255 e. The monoisotopic (exact) mass is 291 g/mol. The van der Waals surface area contributed by atoms with Gasteiger partial charge in [-0.05, 0) is 46.8 Å². The lowest BCUT2D eigenvalue weighted by Gasteiger charge is -2.20. The predicted molar refractivity (Wildman–Crippen MR) is 71.6 cm³/mol. The van der Waals surface area contributed by atoms with Gasteiger partial charge in [-0.25, -0.2) is 0 Å². The SMILES string of the molecule is C#CCN(CC1CC1)C(=O)c1ccccc1Br. The molecular weight excluding hydrogens is 278 g/mol. The fourth-order valence-electron chi connectivity index (χ4n) is 1.75. The summed E-state index contributed by atoms with van der Waals surface area (Å²) in [6.07, 6.45) is 7.75. The number of benzene rings is 1. The normalized spacial score (nSPS) is 14.1. The second-order valence-electron chi connectivity index (χ2n) is 4.31. The van der Waals surface area contributed by atoms with Crippen LogP contribution in [0.5, 0.6) is 0 Å². The summed E-state index contributed by atoms with van der Waals surface area (Å²) in [5.41, 5.74) is 0.684. The van der Waals surface area contributed by atoms with E-state index in [1.165, 1.54) is 12.8 Å². The van der Waals surface area contributed by atoms with E-state index < -0.39 is 0 Å². The first-order chi connectivity index (χ1) is 8.22. The molecule has 0 spiro atoms. The molecule has 0 radical (unpaired) electrons. The van der Waals surface area contributed by atoms with Gasteiger partial charge in [-0.2, -0.15) is 0 Å². The van der Waals surface area contributed by atoms with Crippen molar-refractivity contribution in [2.24, 2.45) is 5.92 Å². The zero-order valence-corrected chi connectivity index (χ0v) is 11.1. The molecule has 3 heteroatoms. The van der Waals surface area contributed by atoms with Crippen LogP contribution >= 0.6 is 15.9 Å². The molecule has 0 heterocycles. The Morgan fingerprint density at radius 1 is 1.47 bits per heavy atom. The average Bonchev–Trinajstić information content (AvgIpc) is 3.12. The van der Waals surface area contributed by atoms with Crippen molar-refractivity contribution in [3.05, 3.63) is 34.3 Å². The Morgan fingerprint density at radius 3 is 2.76 bits per heavy atom. The lowest BCUT2D eigenvalue weighted by Crippen LogP contribution is -2.33. The average molecular weight is 292 g/mol. The second kappa shape index (κ2) is 5.37. The highest BCUT2D eigenvalue weighted by Gasteiger charge is 2.27. The molecule has 88 valence electrons. The maximum atomic E-state index is 12.3. The molecule has 0 aromatic heterocycles. The molecule has 1 aromatic carbocycles. The minimum Gasteiger partial charge on any atom is -0.327 e. The molecule has 1 amide bonds. The first-order valence-electron chi connectivity index (χ1n) is 5.69. The molecule has 0 atom stereocenters. The molecule has 0 saturated heterocycles. The van der Waals surface area contributed by atoms with Crippen LogP contribution < -0.4 is 0 Å². The summed E-state index contributed by atoms with van der Waals surface area (Å²) >= 11 is 3.40. The summed E-state index contributed by atoms with van der Waals surface area (Å²) < 4.78 is 0.822. The van der Waals surface area contributed by atoms with Gasteiger partial charge in [0.1, 0.15) is 0 Å². The van der Waals surface area contributed by atoms with E-state index >= 15 is 0 Å². The number of carbonyl (C=O) groups excluding carboxylic acids is 1. The van der Waals surface area contributed by atoms with Gasteiger partial charge in [0.15, 0.2) is 0 Å². The van der Waals surface area contributed by atoms with Crippen molar-refractivity contribution in [3.63, 3.8) is 0 Å². The number of nitrogens with zero attached hydrogens (tertiary/aromatic N) is 1. The van der Waals surface area contributed by atoms with Crippen LogP contribution in [0.4, 0.5) is 0 Å². The van der Waals surface area contributed by atoms with E-state index in [1.54, 1.807) is 4.90 Å². The number of amides is 1. The second-order valence-corrected chi connectivity index (χ2v) is 5.17. The molecule has 2 rings (SSSR count). The Kier molecular flexibility index (Phi) is 3.86. The van der Waals surface area contributed by atoms with Gasteiger partial charge in [0.05, 0.1) is 12.1 Å². The van der Waals surface area contributed by atoms with Crippen molar-refractivity contribution in [2.45, 2.75) is 12.8 Å². The number of terminal acetylenes is 1. The largest absolute Gasteiger partial charge is 0.327 e. The van der Waals surface area contributed by atoms with Gasteiger partial charge < -0.3 is 4.90 Å². The Bertz CT molecular complexity index is 460. The molecule has 1 fully saturated rings. The molecule has 1 aliphatic carbocycles. The van der Waals surface area contributed by atoms with E-state index in [4.69, 9.17) is 6.42 Å². The Morgan fingerprint density at radius 2 is 2.18 bits per heavy atom. The molecule has 0 N–H and O–H groups in total. The predicted octanol–water partition coefficient (Wildman–Crippen LogP) is 2.93.